The van der Waals surface area contributed by atoms with E-state index in [4.69, 9.17) is 5.73 Å². The Kier molecular flexibility index (Phi) is 2.55. The Morgan fingerprint density at radius 1 is 1.00 bits per heavy atom. The maximum absolute atomic E-state index is 5.51. The molecule has 0 unspecified atom stereocenters. The SMILES string of the molecule is Nc1ccc2ccccc2n1.S. The maximum Gasteiger partial charge on any atom is 0.124 e. The number of benzene rings is 1. The first-order valence-electron chi connectivity index (χ1n) is 3.47. The molecule has 0 bridgehead atoms. The molecule has 2 N–H and O–H groups in total. The predicted octanol–water partition coefficient (Wildman–Crippen LogP) is 1.93. The minimum absolute atomic E-state index is 0. The summed E-state index contributed by atoms with van der Waals surface area (Å²) < 4.78 is 0. The monoisotopic (exact) mass is 178 g/mol. The van der Waals surface area contributed by atoms with Crippen LogP contribution >= 0.6 is 13.5 Å². The zero-order valence-corrected chi connectivity index (χ0v) is 7.49. The number of pyridine rings is 1. The number of aromatic nitrogens is 1. The van der Waals surface area contributed by atoms with Gasteiger partial charge in [-0.1, -0.05) is 18.2 Å². The number of fused-ring (bicyclic) bond motifs is 1. The number of hydrogen-bond donors (Lipinski definition) is 1. The number of hydrogen-bond acceptors (Lipinski definition) is 2. The molecular weight excluding hydrogens is 168 g/mol. The summed E-state index contributed by atoms with van der Waals surface area (Å²) in [5.41, 5.74) is 6.46. The summed E-state index contributed by atoms with van der Waals surface area (Å²) >= 11 is 0. The first kappa shape index (κ1) is 8.87. The molecule has 3 heteroatoms. The Morgan fingerprint density at radius 3 is 2.58 bits per heavy atom. The third-order valence-electron chi connectivity index (χ3n) is 1.62. The molecule has 1 aromatic carbocycles. The Morgan fingerprint density at radius 2 is 1.75 bits per heavy atom. The third-order valence-corrected chi connectivity index (χ3v) is 1.62. The quantitative estimate of drug-likeness (QED) is 0.669. The summed E-state index contributed by atoms with van der Waals surface area (Å²) in [6.07, 6.45) is 0. The van der Waals surface area contributed by atoms with Gasteiger partial charge in [-0.15, -0.1) is 0 Å². The average Bonchev–Trinajstić information content (AvgIpc) is 2.04. The summed E-state index contributed by atoms with van der Waals surface area (Å²) in [4.78, 5) is 4.15. The van der Waals surface area contributed by atoms with Crippen molar-refractivity contribution in [3.8, 4) is 0 Å². The van der Waals surface area contributed by atoms with E-state index < -0.39 is 0 Å². The fraction of sp³-hybridized carbons (Fsp3) is 0. The van der Waals surface area contributed by atoms with E-state index in [-0.39, 0.29) is 13.5 Å². The third kappa shape index (κ3) is 1.51. The topological polar surface area (TPSA) is 38.9 Å². The average molecular weight is 178 g/mol. The standard InChI is InChI=1S/C9H8N2.H2S/c10-9-6-5-7-3-1-2-4-8(7)11-9;/h1-6H,(H2,10,11);1H2. The molecular formula is C9H10N2S. The molecule has 62 valence electrons. The Bertz CT molecular complexity index is 387. The lowest BCUT2D eigenvalue weighted by Gasteiger charge is -1.95. The summed E-state index contributed by atoms with van der Waals surface area (Å²) in [5.74, 6) is 0.573. The van der Waals surface area contributed by atoms with Crippen LogP contribution in [0.25, 0.3) is 10.9 Å². The fourth-order valence-electron chi connectivity index (χ4n) is 1.08. The van der Waals surface area contributed by atoms with Gasteiger partial charge in [0, 0.05) is 5.39 Å². The van der Waals surface area contributed by atoms with Crippen molar-refractivity contribution < 1.29 is 0 Å². The first-order chi connectivity index (χ1) is 5.36. The van der Waals surface area contributed by atoms with E-state index in [0.717, 1.165) is 10.9 Å². The van der Waals surface area contributed by atoms with E-state index in [9.17, 15) is 0 Å². The zero-order valence-electron chi connectivity index (χ0n) is 6.49. The van der Waals surface area contributed by atoms with E-state index in [0.29, 0.717) is 5.82 Å². The van der Waals surface area contributed by atoms with Gasteiger partial charge in [0.1, 0.15) is 5.82 Å². The molecule has 0 radical (unpaired) electrons. The lowest BCUT2D eigenvalue weighted by molar-refractivity contribution is 1.42. The molecule has 0 amide bonds. The van der Waals surface area contributed by atoms with Crippen molar-refractivity contribution in [3.05, 3.63) is 36.4 Å². The minimum atomic E-state index is 0. The van der Waals surface area contributed by atoms with Crippen LogP contribution in [0.1, 0.15) is 0 Å². The zero-order chi connectivity index (χ0) is 7.68. The summed E-state index contributed by atoms with van der Waals surface area (Å²) in [6, 6.07) is 11.7. The number of anilines is 1. The highest BCUT2D eigenvalue weighted by Crippen LogP contribution is 2.11. The van der Waals surface area contributed by atoms with Gasteiger partial charge in [-0.05, 0) is 18.2 Å². The van der Waals surface area contributed by atoms with Crippen LogP contribution in [0.4, 0.5) is 5.82 Å². The van der Waals surface area contributed by atoms with Crippen LogP contribution in [0.15, 0.2) is 36.4 Å². The van der Waals surface area contributed by atoms with Crippen LogP contribution in [-0.2, 0) is 0 Å². The van der Waals surface area contributed by atoms with Crippen molar-refractivity contribution in [2.45, 2.75) is 0 Å². The van der Waals surface area contributed by atoms with E-state index in [1.54, 1.807) is 0 Å². The molecule has 2 aromatic rings. The first-order valence-corrected chi connectivity index (χ1v) is 3.47. The summed E-state index contributed by atoms with van der Waals surface area (Å²) in [7, 11) is 0. The largest absolute Gasteiger partial charge is 0.384 e. The smallest absolute Gasteiger partial charge is 0.124 e. The Hall–Kier alpha value is -1.22. The molecule has 2 nitrogen and oxygen atoms in total. The second-order valence-corrected chi connectivity index (χ2v) is 2.43. The van der Waals surface area contributed by atoms with Crippen molar-refractivity contribution in [3.63, 3.8) is 0 Å². The normalized spacial score (nSPS) is 9.33. The van der Waals surface area contributed by atoms with Crippen LogP contribution < -0.4 is 5.73 Å². The Labute approximate surface area is 77.9 Å². The summed E-state index contributed by atoms with van der Waals surface area (Å²) in [5, 5.41) is 1.13. The van der Waals surface area contributed by atoms with E-state index >= 15 is 0 Å². The molecule has 0 atom stereocenters. The van der Waals surface area contributed by atoms with Gasteiger partial charge in [-0.2, -0.15) is 13.5 Å². The highest BCUT2D eigenvalue weighted by molar-refractivity contribution is 7.59. The highest BCUT2D eigenvalue weighted by atomic mass is 32.1. The van der Waals surface area contributed by atoms with Gasteiger partial charge >= 0.3 is 0 Å². The van der Waals surface area contributed by atoms with Crippen molar-refractivity contribution in [1.29, 1.82) is 0 Å². The van der Waals surface area contributed by atoms with Gasteiger partial charge in [0.05, 0.1) is 5.52 Å². The van der Waals surface area contributed by atoms with E-state index in [2.05, 4.69) is 4.98 Å². The molecule has 0 aliphatic carbocycles. The van der Waals surface area contributed by atoms with Gasteiger partial charge < -0.3 is 5.73 Å². The van der Waals surface area contributed by atoms with Crippen molar-refractivity contribution in [1.82, 2.24) is 4.98 Å². The number of nitrogen functional groups attached to an aromatic ring is 1. The maximum atomic E-state index is 5.51. The van der Waals surface area contributed by atoms with Crippen molar-refractivity contribution in [2.24, 2.45) is 0 Å². The van der Waals surface area contributed by atoms with Crippen LogP contribution in [0.3, 0.4) is 0 Å². The molecule has 0 spiro atoms. The van der Waals surface area contributed by atoms with Crippen LogP contribution in [-0.4, -0.2) is 4.98 Å². The number of para-hydroxylation sites is 1. The van der Waals surface area contributed by atoms with Gasteiger partial charge in [0.2, 0.25) is 0 Å². The van der Waals surface area contributed by atoms with E-state index in [1.807, 2.05) is 36.4 Å². The van der Waals surface area contributed by atoms with E-state index in [1.165, 1.54) is 0 Å². The lowest BCUT2D eigenvalue weighted by Crippen LogP contribution is -1.88. The second-order valence-electron chi connectivity index (χ2n) is 2.43. The second kappa shape index (κ2) is 3.45. The van der Waals surface area contributed by atoms with Crippen LogP contribution in [0.5, 0.6) is 0 Å². The minimum Gasteiger partial charge on any atom is -0.384 e. The highest BCUT2D eigenvalue weighted by Gasteiger charge is 1.91. The molecule has 1 heterocycles. The Balaban J connectivity index is 0.000000720. The lowest BCUT2D eigenvalue weighted by atomic mass is 10.2. The van der Waals surface area contributed by atoms with Crippen LogP contribution in [0, 0.1) is 0 Å². The molecule has 2 rings (SSSR count). The summed E-state index contributed by atoms with van der Waals surface area (Å²) in [6.45, 7) is 0. The van der Waals surface area contributed by atoms with Gasteiger partial charge in [0.25, 0.3) is 0 Å². The molecule has 0 saturated heterocycles. The molecule has 12 heavy (non-hydrogen) atoms. The van der Waals surface area contributed by atoms with Crippen molar-refractivity contribution >= 4 is 30.2 Å². The fourth-order valence-corrected chi connectivity index (χ4v) is 1.08. The van der Waals surface area contributed by atoms with Gasteiger partial charge in [0.15, 0.2) is 0 Å². The molecule has 1 aromatic heterocycles. The molecule has 0 fully saturated rings. The molecule has 0 saturated carbocycles. The van der Waals surface area contributed by atoms with Gasteiger partial charge in [-0.25, -0.2) is 4.98 Å². The molecule has 0 aliphatic heterocycles. The number of rotatable bonds is 0. The van der Waals surface area contributed by atoms with Crippen molar-refractivity contribution in [2.75, 3.05) is 5.73 Å². The number of nitrogens with zero attached hydrogens (tertiary/aromatic N) is 1. The predicted molar refractivity (Wildman–Crippen MR) is 56.5 cm³/mol. The number of nitrogens with two attached hydrogens (primary N) is 1. The molecule has 0 aliphatic rings. The van der Waals surface area contributed by atoms with Gasteiger partial charge in [-0.3, -0.25) is 0 Å². The van der Waals surface area contributed by atoms with Crippen LogP contribution in [0.2, 0.25) is 0 Å².